The Kier molecular flexibility index (Phi) is 3.83. The lowest BCUT2D eigenvalue weighted by atomic mass is 9.81. The van der Waals surface area contributed by atoms with Gasteiger partial charge in [-0.3, -0.25) is 19.3 Å². The average molecular weight is 347 g/mol. The molecule has 2 bridgehead atoms. The highest BCUT2D eigenvalue weighted by Crippen LogP contribution is 2.56. The summed E-state index contributed by atoms with van der Waals surface area (Å²) in [7, 11) is 0. The largest absolute Gasteiger partial charge is 0.326 e. The van der Waals surface area contributed by atoms with E-state index in [4.69, 9.17) is 11.6 Å². The van der Waals surface area contributed by atoms with E-state index in [1.807, 2.05) is 0 Å². The summed E-state index contributed by atoms with van der Waals surface area (Å²) < 4.78 is 0. The van der Waals surface area contributed by atoms with Crippen molar-refractivity contribution in [1.29, 1.82) is 0 Å². The highest BCUT2D eigenvalue weighted by atomic mass is 35.5. The van der Waals surface area contributed by atoms with E-state index in [9.17, 15) is 14.4 Å². The lowest BCUT2D eigenvalue weighted by molar-refractivity contribution is -0.140. The Morgan fingerprint density at radius 2 is 1.67 bits per heavy atom. The topological polar surface area (TPSA) is 66.5 Å². The predicted octanol–water partition coefficient (Wildman–Crippen LogP) is 2.70. The van der Waals surface area contributed by atoms with Gasteiger partial charge in [0.15, 0.2) is 0 Å². The number of rotatable bonds is 4. The Hall–Kier alpha value is -1.88. The lowest BCUT2D eigenvalue weighted by Crippen LogP contribution is -2.35. The molecule has 4 atom stereocenters. The quantitative estimate of drug-likeness (QED) is 0.852. The van der Waals surface area contributed by atoms with Crippen LogP contribution in [0.2, 0.25) is 5.02 Å². The van der Waals surface area contributed by atoms with Gasteiger partial charge >= 0.3 is 0 Å². The molecule has 0 aromatic heterocycles. The van der Waals surface area contributed by atoms with Crippen LogP contribution in [0.4, 0.5) is 5.69 Å². The number of amides is 3. The first-order valence-corrected chi connectivity index (χ1v) is 8.83. The molecule has 3 fully saturated rings. The van der Waals surface area contributed by atoms with Gasteiger partial charge in [-0.15, -0.1) is 0 Å². The number of hydrogen-bond donors (Lipinski definition) is 1. The van der Waals surface area contributed by atoms with Gasteiger partial charge in [-0.2, -0.15) is 0 Å². The summed E-state index contributed by atoms with van der Waals surface area (Å²) in [5, 5.41) is 3.36. The molecule has 126 valence electrons. The Labute approximate surface area is 145 Å². The molecular formula is C18H19ClN2O3. The maximum Gasteiger partial charge on any atom is 0.233 e. The molecule has 1 heterocycles. The van der Waals surface area contributed by atoms with Gasteiger partial charge in [-0.25, -0.2) is 0 Å². The third kappa shape index (κ3) is 2.51. The Morgan fingerprint density at radius 3 is 2.25 bits per heavy atom. The van der Waals surface area contributed by atoms with E-state index >= 15 is 0 Å². The zero-order valence-corrected chi connectivity index (χ0v) is 14.0. The number of nitrogens with zero attached hydrogens (tertiary/aromatic N) is 1. The number of halogens is 1. The monoisotopic (exact) mass is 346 g/mol. The van der Waals surface area contributed by atoms with Crippen LogP contribution in [0.3, 0.4) is 0 Å². The van der Waals surface area contributed by atoms with Crippen molar-refractivity contribution >= 4 is 35.0 Å². The van der Waals surface area contributed by atoms with Gasteiger partial charge in [0.05, 0.1) is 11.8 Å². The molecule has 1 aromatic carbocycles. The maximum atomic E-state index is 12.6. The number of imide groups is 1. The van der Waals surface area contributed by atoms with Crippen molar-refractivity contribution in [3.8, 4) is 0 Å². The van der Waals surface area contributed by atoms with Crippen LogP contribution in [0.5, 0.6) is 0 Å². The second-order valence-electron chi connectivity index (χ2n) is 7.02. The molecule has 6 heteroatoms. The molecule has 0 unspecified atom stereocenters. The first kappa shape index (κ1) is 15.6. The minimum atomic E-state index is -0.210. The summed E-state index contributed by atoms with van der Waals surface area (Å²) in [6.07, 6.45) is 3.28. The van der Waals surface area contributed by atoms with Crippen LogP contribution in [-0.2, 0) is 14.4 Å². The van der Waals surface area contributed by atoms with Gasteiger partial charge in [0.2, 0.25) is 17.7 Å². The molecule has 3 amide bonds. The second-order valence-corrected chi connectivity index (χ2v) is 7.45. The van der Waals surface area contributed by atoms with Crippen molar-refractivity contribution < 1.29 is 14.4 Å². The molecule has 24 heavy (non-hydrogen) atoms. The zero-order valence-electron chi connectivity index (χ0n) is 13.2. The van der Waals surface area contributed by atoms with E-state index in [-0.39, 0.29) is 42.5 Å². The molecule has 1 N–H and O–H groups in total. The molecule has 1 saturated heterocycles. The molecule has 5 nitrogen and oxygen atoms in total. The minimum Gasteiger partial charge on any atom is -0.326 e. The summed E-state index contributed by atoms with van der Waals surface area (Å²) in [6, 6.07) is 6.83. The van der Waals surface area contributed by atoms with Crippen molar-refractivity contribution in [3.63, 3.8) is 0 Å². The molecule has 4 rings (SSSR count). The summed E-state index contributed by atoms with van der Waals surface area (Å²) in [4.78, 5) is 38.5. The van der Waals surface area contributed by atoms with Crippen LogP contribution < -0.4 is 5.32 Å². The summed E-state index contributed by atoms with van der Waals surface area (Å²) in [6.45, 7) is 0.170. The number of anilines is 1. The molecule has 1 aliphatic heterocycles. The number of hydrogen-bond acceptors (Lipinski definition) is 3. The summed E-state index contributed by atoms with van der Waals surface area (Å²) >= 11 is 5.81. The normalized spacial score (nSPS) is 30.8. The minimum absolute atomic E-state index is 0.0588. The summed E-state index contributed by atoms with van der Waals surface area (Å²) in [5.74, 6) is 0.200. The standard InChI is InChI=1S/C18H19ClN2O3/c19-12-3-5-13(6-4-12)20-14(22)7-8-21-17(23)15-10-1-2-11(9-10)16(15)18(21)24/h3-6,10-11,15-16H,1-2,7-9H2,(H,20,22)/t10-,11-,15-,16+/m0/s1. The van der Waals surface area contributed by atoms with Gasteiger partial charge in [-0.05, 0) is 55.4 Å². The van der Waals surface area contributed by atoms with Gasteiger partial charge < -0.3 is 5.32 Å². The van der Waals surface area contributed by atoms with E-state index in [0.29, 0.717) is 22.5 Å². The third-order valence-corrected chi connectivity index (χ3v) is 5.96. The average Bonchev–Trinajstić information content (AvgIpc) is 3.23. The van der Waals surface area contributed by atoms with E-state index in [0.717, 1.165) is 19.3 Å². The van der Waals surface area contributed by atoms with Crippen molar-refractivity contribution in [2.75, 3.05) is 11.9 Å². The fraction of sp³-hybridized carbons (Fsp3) is 0.500. The Balaban J connectivity index is 1.36. The van der Waals surface area contributed by atoms with E-state index < -0.39 is 0 Å². The highest BCUT2D eigenvalue weighted by Gasteiger charge is 2.60. The highest BCUT2D eigenvalue weighted by molar-refractivity contribution is 6.30. The van der Waals surface area contributed by atoms with Crippen molar-refractivity contribution in [3.05, 3.63) is 29.3 Å². The molecule has 2 saturated carbocycles. The van der Waals surface area contributed by atoms with E-state index in [1.54, 1.807) is 24.3 Å². The summed E-state index contributed by atoms with van der Waals surface area (Å²) in [5.41, 5.74) is 0.651. The molecule has 3 aliphatic rings. The lowest BCUT2D eigenvalue weighted by Gasteiger charge is -2.19. The number of carbonyl (C=O) groups excluding carboxylic acids is 3. The number of carbonyl (C=O) groups is 3. The second kappa shape index (κ2) is 5.88. The van der Waals surface area contributed by atoms with Gasteiger partial charge in [0.25, 0.3) is 0 Å². The van der Waals surface area contributed by atoms with Gasteiger partial charge in [0, 0.05) is 23.7 Å². The number of benzene rings is 1. The molecule has 0 spiro atoms. The number of likely N-dealkylation sites (tertiary alicyclic amines) is 1. The maximum absolute atomic E-state index is 12.6. The van der Waals surface area contributed by atoms with Crippen LogP contribution in [0.1, 0.15) is 25.7 Å². The van der Waals surface area contributed by atoms with E-state index in [2.05, 4.69) is 5.32 Å². The van der Waals surface area contributed by atoms with E-state index in [1.165, 1.54) is 4.90 Å². The van der Waals surface area contributed by atoms with Crippen LogP contribution in [0.25, 0.3) is 0 Å². The predicted molar refractivity (Wildman–Crippen MR) is 89.2 cm³/mol. The zero-order chi connectivity index (χ0) is 16.8. The molecule has 0 radical (unpaired) electrons. The first-order valence-electron chi connectivity index (χ1n) is 8.45. The van der Waals surface area contributed by atoms with Crippen molar-refractivity contribution in [1.82, 2.24) is 4.90 Å². The number of nitrogens with one attached hydrogen (secondary N) is 1. The molecule has 2 aliphatic carbocycles. The third-order valence-electron chi connectivity index (χ3n) is 5.71. The van der Waals surface area contributed by atoms with Crippen LogP contribution >= 0.6 is 11.6 Å². The fourth-order valence-electron chi connectivity index (χ4n) is 4.66. The SMILES string of the molecule is O=C(CCN1C(=O)[C@@H]2[C@H]3CC[C@@H](C3)[C@@H]2C1=O)Nc1ccc(Cl)cc1. The molecular weight excluding hydrogens is 328 g/mol. The Bertz CT molecular complexity index is 675. The van der Waals surface area contributed by atoms with Gasteiger partial charge in [0.1, 0.15) is 0 Å². The van der Waals surface area contributed by atoms with Gasteiger partial charge in [-0.1, -0.05) is 11.6 Å². The van der Waals surface area contributed by atoms with Crippen LogP contribution in [-0.4, -0.2) is 29.2 Å². The van der Waals surface area contributed by atoms with Crippen molar-refractivity contribution in [2.45, 2.75) is 25.7 Å². The van der Waals surface area contributed by atoms with Crippen LogP contribution in [0.15, 0.2) is 24.3 Å². The smallest absolute Gasteiger partial charge is 0.233 e. The van der Waals surface area contributed by atoms with Crippen molar-refractivity contribution in [2.24, 2.45) is 23.7 Å². The molecule has 1 aromatic rings. The number of fused-ring (bicyclic) bond motifs is 5. The fourth-order valence-corrected chi connectivity index (χ4v) is 4.79. The Morgan fingerprint density at radius 1 is 1.08 bits per heavy atom. The first-order chi connectivity index (χ1) is 11.5. The van der Waals surface area contributed by atoms with Crippen LogP contribution in [0, 0.1) is 23.7 Å².